The number of carboxylic acids is 1. The maximum atomic E-state index is 14.7. The van der Waals surface area contributed by atoms with Gasteiger partial charge in [0, 0.05) is 50.8 Å². The zero-order valence-electron chi connectivity index (χ0n) is 33.8. The standard InChI is InChI=1S/C39H60FN5O13/c1-4-5-6-7-8-9-10-11-12-13-17-35(51)56-23-29(42-26(3)46)30(47)15-14-16-32(48)43-28(38(54)41-21-34(49)50)18-19-36(52)57-24-31-27(40)20-33(58-31)45-22-25(2)37(53)44-39(45)55/h22,27-29,31,33H,4-21,23-24H2,1-3H3,(H,41,54)(H,42,46)(H,43,48)(H,49,50)(H,44,53,55)/t27-,28-,29-,31+,33+/m0/s1. The summed E-state index contributed by atoms with van der Waals surface area (Å²) < 4.78 is 31.7. The number of nitrogens with zero attached hydrogens (tertiary/aromatic N) is 1. The van der Waals surface area contributed by atoms with Crippen LogP contribution in [0.2, 0.25) is 0 Å². The zero-order chi connectivity index (χ0) is 43.0. The molecule has 0 aliphatic carbocycles. The van der Waals surface area contributed by atoms with Gasteiger partial charge in [-0.3, -0.25) is 47.9 Å². The van der Waals surface area contributed by atoms with Crippen molar-refractivity contribution in [2.75, 3.05) is 19.8 Å². The number of hydrogen-bond acceptors (Lipinski definition) is 12. The molecular weight excluding hydrogens is 765 g/mol. The molecule has 0 spiro atoms. The maximum absolute atomic E-state index is 14.7. The second-order valence-electron chi connectivity index (χ2n) is 14.5. The average molecular weight is 826 g/mol. The van der Waals surface area contributed by atoms with E-state index in [1.807, 2.05) is 0 Å². The summed E-state index contributed by atoms with van der Waals surface area (Å²) in [6.07, 6.45) is 7.05. The molecule has 326 valence electrons. The van der Waals surface area contributed by atoms with Crippen molar-refractivity contribution in [3.8, 4) is 0 Å². The van der Waals surface area contributed by atoms with Gasteiger partial charge in [0.1, 0.15) is 50.3 Å². The number of carbonyl (C=O) groups excluding carboxylic acids is 6. The lowest BCUT2D eigenvalue weighted by atomic mass is 10.1. The first-order valence-electron chi connectivity index (χ1n) is 20.1. The number of nitrogens with one attached hydrogen (secondary N) is 4. The van der Waals surface area contributed by atoms with Gasteiger partial charge in [0.2, 0.25) is 17.7 Å². The molecule has 5 atom stereocenters. The van der Waals surface area contributed by atoms with Gasteiger partial charge < -0.3 is 35.3 Å². The van der Waals surface area contributed by atoms with E-state index < -0.39 is 103 Å². The second kappa shape index (κ2) is 26.9. The fourth-order valence-corrected chi connectivity index (χ4v) is 6.20. The van der Waals surface area contributed by atoms with Crippen molar-refractivity contribution in [2.24, 2.45) is 0 Å². The van der Waals surface area contributed by atoms with E-state index in [4.69, 9.17) is 19.3 Å². The minimum absolute atomic E-state index is 0.0175. The lowest BCUT2D eigenvalue weighted by Gasteiger charge is -2.19. The summed E-state index contributed by atoms with van der Waals surface area (Å²) in [5.41, 5.74) is -1.19. The van der Waals surface area contributed by atoms with Crippen molar-refractivity contribution in [1.82, 2.24) is 25.5 Å². The predicted molar refractivity (Wildman–Crippen MR) is 206 cm³/mol. The number of aromatic nitrogens is 2. The number of ketones is 1. The molecule has 2 heterocycles. The molecule has 1 aliphatic rings. The molecule has 0 unspecified atom stereocenters. The van der Waals surface area contributed by atoms with Gasteiger partial charge in [0.15, 0.2) is 5.78 Å². The van der Waals surface area contributed by atoms with E-state index in [-0.39, 0.29) is 50.7 Å². The highest BCUT2D eigenvalue weighted by atomic mass is 19.1. The van der Waals surface area contributed by atoms with Crippen LogP contribution < -0.4 is 27.2 Å². The number of carbonyl (C=O) groups is 7. The van der Waals surface area contributed by atoms with Gasteiger partial charge >= 0.3 is 23.6 Å². The van der Waals surface area contributed by atoms with Crippen LogP contribution >= 0.6 is 0 Å². The summed E-state index contributed by atoms with van der Waals surface area (Å²) in [6.45, 7) is 3.18. The molecule has 0 saturated carbocycles. The van der Waals surface area contributed by atoms with Crippen LogP contribution in [-0.4, -0.2) is 100 Å². The van der Waals surface area contributed by atoms with E-state index in [0.717, 1.165) is 23.8 Å². The lowest BCUT2D eigenvalue weighted by molar-refractivity contribution is -0.150. The quantitative estimate of drug-likeness (QED) is 0.0576. The molecule has 58 heavy (non-hydrogen) atoms. The van der Waals surface area contributed by atoms with Crippen LogP contribution in [0.4, 0.5) is 4.39 Å². The molecule has 19 heteroatoms. The van der Waals surface area contributed by atoms with Crippen LogP contribution in [0.25, 0.3) is 0 Å². The Morgan fingerprint density at radius 1 is 0.879 bits per heavy atom. The van der Waals surface area contributed by atoms with E-state index in [1.165, 1.54) is 58.6 Å². The third-order valence-corrected chi connectivity index (χ3v) is 9.47. The lowest BCUT2D eigenvalue weighted by Crippen LogP contribution is -2.48. The Labute approximate surface area is 336 Å². The van der Waals surface area contributed by atoms with Gasteiger partial charge in [0.05, 0.1) is 0 Å². The summed E-state index contributed by atoms with van der Waals surface area (Å²) in [7, 11) is 0. The number of Topliss-reactive ketones (excluding diaryl/α,β-unsaturated/α-hetero) is 1. The molecule has 0 bridgehead atoms. The molecule has 1 aliphatic heterocycles. The molecule has 1 saturated heterocycles. The number of aromatic amines is 1. The Bertz CT molecular complexity index is 1650. The number of aliphatic carboxylic acids is 1. The molecule has 1 aromatic rings. The van der Waals surface area contributed by atoms with Gasteiger partial charge in [-0.2, -0.15) is 0 Å². The van der Waals surface area contributed by atoms with Crippen LogP contribution in [0.3, 0.4) is 0 Å². The first kappa shape index (κ1) is 49.2. The smallest absolute Gasteiger partial charge is 0.330 e. The monoisotopic (exact) mass is 825 g/mol. The average Bonchev–Trinajstić information content (AvgIpc) is 3.54. The fourth-order valence-electron chi connectivity index (χ4n) is 6.20. The van der Waals surface area contributed by atoms with Gasteiger partial charge in [-0.25, -0.2) is 9.18 Å². The SMILES string of the molecule is CCCCCCCCCCCCC(=O)OC[C@H](NC(C)=O)C(=O)CCCC(=O)N[C@@H](CCC(=O)OC[C@H]1O[C@@H](n2cc(C)c(=O)[nH]c2=O)C[C@@H]1F)C(=O)NCC(=O)O. The highest BCUT2D eigenvalue weighted by Gasteiger charge is 2.38. The predicted octanol–water partition coefficient (Wildman–Crippen LogP) is 2.58. The summed E-state index contributed by atoms with van der Waals surface area (Å²) in [5.74, 6) is -5.34. The van der Waals surface area contributed by atoms with Gasteiger partial charge in [-0.15, -0.1) is 0 Å². The fraction of sp³-hybridized carbons (Fsp3) is 0.718. The molecule has 0 radical (unpaired) electrons. The summed E-state index contributed by atoms with van der Waals surface area (Å²) in [4.78, 5) is 112. The number of unbranched alkanes of at least 4 members (excludes halogenated alkanes) is 9. The van der Waals surface area contributed by atoms with E-state index in [0.29, 0.717) is 6.42 Å². The third kappa shape index (κ3) is 19.5. The van der Waals surface area contributed by atoms with Crippen molar-refractivity contribution in [3.05, 3.63) is 32.6 Å². The number of rotatable bonds is 29. The minimum Gasteiger partial charge on any atom is -0.480 e. The van der Waals surface area contributed by atoms with E-state index >= 15 is 0 Å². The second-order valence-corrected chi connectivity index (χ2v) is 14.5. The number of halogens is 1. The van der Waals surface area contributed by atoms with E-state index in [1.54, 1.807) is 0 Å². The normalized spacial score (nSPS) is 17.1. The number of amides is 3. The molecule has 3 amide bonds. The maximum Gasteiger partial charge on any atom is 0.330 e. The summed E-state index contributed by atoms with van der Waals surface area (Å²) >= 11 is 0. The highest BCUT2D eigenvalue weighted by molar-refractivity contribution is 5.91. The number of H-pyrrole nitrogens is 1. The molecule has 5 N–H and O–H groups in total. The first-order valence-corrected chi connectivity index (χ1v) is 20.1. The Hall–Kier alpha value is -4.94. The van der Waals surface area contributed by atoms with Crippen molar-refractivity contribution in [2.45, 2.75) is 161 Å². The minimum atomic E-state index is -1.62. The number of carboxylic acid groups (broad SMARTS) is 1. The molecular formula is C39H60FN5O13. The summed E-state index contributed by atoms with van der Waals surface area (Å²) in [6, 6.07) is -2.50. The highest BCUT2D eigenvalue weighted by Crippen LogP contribution is 2.30. The van der Waals surface area contributed by atoms with Crippen LogP contribution in [-0.2, 0) is 47.8 Å². The van der Waals surface area contributed by atoms with Crippen LogP contribution in [0, 0.1) is 6.92 Å². The summed E-state index contributed by atoms with van der Waals surface area (Å²) in [5, 5.41) is 16.0. The van der Waals surface area contributed by atoms with Crippen molar-refractivity contribution >= 4 is 41.4 Å². The molecule has 1 aromatic heterocycles. The zero-order valence-corrected chi connectivity index (χ0v) is 33.8. The van der Waals surface area contributed by atoms with Crippen molar-refractivity contribution in [3.63, 3.8) is 0 Å². The Morgan fingerprint density at radius 3 is 2.16 bits per heavy atom. The number of esters is 2. The number of alkyl halides is 1. The topological polar surface area (TPSA) is 258 Å². The first-order chi connectivity index (χ1) is 27.6. The van der Waals surface area contributed by atoms with E-state index in [9.17, 15) is 47.5 Å². The van der Waals surface area contributed by atoms with Gasteiger partial charge in [-0.05, 0) is 26.2 Å². The Balaban J connectivity index is 1.80. The van der Waals surface area contributed by atoms with E-state index in [2.05, 4.69) is 27.9 Å². The van der Waals surface area contributed by atoms with Crippen LogP contribution in [0.1, 0.15) is 135 Å². The van der Waals surface area contributed by atoms with Crippen LogP contribution in [0.15, 0.2) is 15.8 Å². The Morgan fingerprint density at radius 2 is 1.52 bits per heavy atom. The Kier molecular flexibility index (Phi) is 22.8. The van der Waals surface area contributed by atoms with Gasteiger partial charge in [0.25, 0.3) is 5.56 Å². The largest absolute Gasteiger partial charge is 0.480 e. The molecule has 2 rings (SSSR count). The third-order valence-electron chi connectivity index (χ3n) is 9.47. The number of aryl methyl sites for hydroxylation is 1. The molecule has 1 fully saturated rings. The number of ether oxygens (including phenoxy) is 3. The van der Waals surface area contributed by atoms with Crippen LogP contribution in [0.5, 0.6) is 0 Å². The molecule has 0 aromatic carbocycles. The van der Waals surface area contributed by atoms with Crippen molar-refractivity contribution < 1.29 is 57.3 Å². The van der Waals surface area contributed by atoms with Gasteiger partial charge in [-0.1, -0.05) is 64.7 Å². The molecule has 18 nitrogen and oxygen atoms in total. The number of hydrogen-bond donors (Lipinski definition) is 5. The van der Waals surface area contributed by atoms with Crippen molar-refractivity contribution in [1.29, 1.82) is 0 Å².